The summed E-state index contributed by atoms with van der Waals surface area (Å²) in [6.45, 7) is 0.496. The number of fused-ring (bicyclic) bond motifs is 1. The normalized spacial score (nSPS) is 13.9. The summed E-state index contributed by atoms with van der Waals surface area (Å²) < 4.78 is 13.7. The minimum Gasteiger partial charge on any atom is -0.374 e. The summed E-state index contributed by atoms with van der Waals surface area (Å²) in [5.74, 6) is -0.340. The molecule has 4 heteroatoms. The smallest absolute Gasteiger partial charge is 0.246 e. The van der Waals surface area contributed by atoms with Crippen molar-refractivity contribution in [3.05, 3.63) is 59.9 Å². The van der Waals surface area contributed by atoms with Crippen molar-refractivity contribution in [3.8, 4) is 0 Å². The summed E-state index contributed by atoms with van der Waals surface area (Å²) in [6.07, 6.45) is 0. The zero-order valence-electron chi connectivity index (χ0n) is 10.3. The second-order valence-corrected chi connectivity index (χ2v) is 4.44. The summed E-state index contributed by atoms with van der Waals surface area (Å²) in [5.41, 5.74) is 2.22. The van der Waals surface area contributed by atoms with E-state index in [4.69, 9.17) is 0 Å². The largest absolute Gasteiger partial charge is 0.374 e. The van der Waals surface area contributed by atoms with E-state index in [1.165, 1.54) is 6.07 Å². The summed E-state index contributed by atoms with van der Waals surface area (Å²) in [5, 5.41) is 3.06. The molecule has 0 saturated heterocycles. The molecule has 96 valence electrons. The van der Waals surface area contributed by atoms with Crippen molar-refractivity contribution in [2.45, 2.75) is 6.54 Å². The highest BCUT2D eigenvalue weighted by Gasteiger charge is 2.24. The van der Waals surface area contributed by atoms with Crippen molar-refractivity contribution in [2.24, 2.45) is 0 Å². The molecule has 1 N–H and O–H groups in total. The van der Waals surface area contributed by atoms with Gasteiger partial charge in [0.2, 0.25) is 5.91 Å². The van der Waals surface area contributed by atoms with Crippen molar-refractivity contribution in [2.75, 3.05) is 16.8 Å². The van der Waals surface area contributed by atoms with Gasteiger partial charge in [0, 0.05) is 5.56 Å². The first kappa shape index (κ1) is 11.7. The molecule has 3 nitrogen and oxygen atoms in total. The minimum atomic E-state index is -0.286. The number of carbonyl (C=O) groups is 1. The second kappa shape index (κ2) is 4.72. The van der Waals surface area contributed by atoms with Gasteiger partial charge in [-0.05, 0) is 18.2 Å². The summed E-state index contributed by atoms with van der Waals surface area (Å²) in [7, 11) is 0. The van der Waals surface area contributed by atoms with E-state index in [2.05, 4.69) is 5.32 Å². The zero-order valence-corrected chi connectivity index (χ0v) is 10.3. The number of nitrogens with one attached hydrogen (secondary N) is 1. The van der Waals surface area contributed by atoms with Crippen molar-refractivity contribution < 1.29 is 9.18 Å². The van der Waals surface area contributed by atoms with E-state index in [1.54, 1.807) is 23.1 Å². The van der Waals surface area contributed by atoms with Crippen molar-refractivity contribution in [1.29, 1.82) is 0 Å². The predicted molar refractivity (Wildman–Crippen MR) is 72.5 cm³/mol. The third kappa shape index (κ3) is 2.17. The summed E-state index contributed by atoms with van der Waals surface area (Å²) in [6, 6.07) is 14.1. The van der Waals surface area contributed by atoms with Crippen LogP contribution in [0.3, 0.4) is 0 Å². The molecule has 19 heavy (non-hydrogen) atoms. The fourth-order valence-corrected chi connectivity index (χ4v) is 2.23. The van der Waals surface area contributed by atoms with E-state index in [1.807, 2.05) is 24.3 Å². The van der Waals surface area contributed by atoms with Crippen molar-refractivity contribution >= 4 is 17.3 Å². The molecule has 0 fully saturated rings. The van der Waals surface area contributed by atoms with Gasteiger partial charge in [0.1, 0.15) is 5.82 Å². The van der Waals surface area contributed by atoms with Gasteiger partial charge < -0.3 is 10.2 Å². The fourth-order valence-electron chi connectivity index (χ4n) is 2.23. The topological polar surface area (TPSA) is 32.3 Å². The SMILES string of the molecule is O=C1CNc2ccccc2N1Cc1ccccc1F. The van der Waals surface area contributed by atoms with Gasteiger partial charge in [-0.15, -0.1) is 0 Å². The Morgan fingerprint density at radius 3 is 2.68 bits per heavy atom. The van der Waals surface area contributed by atoms with E-state index >= 15 is 0 Å². The lowest BCUT2D eigenvalue weighted by Crippen LogP contribution is -2.39. The number of carbonyl (C=O) groups excluding carboxylic acids is 1. The van der Waals surface area contributed by atoms with E-state index in [0.717, 1.165) is 11.4 Å². The van der Waals surface area contributed by atoms with Gasteiger partial charge >= 0.3 is 0 Å². The number of para-hydroxylation sites is 2. The molecular formula is C15H13FN2O. The molecule has 0 unspecified atom stereocenters. The van der Waals surface area contributed by atoms with Crippen LogP contribution in [0.4, 0.5) is 15.8 Å². The third-order valence-electron chi connectivity index (χ3n) is 3.21. The molecule has 1 heterocycles. The number of amides is 1. The Morgan fingerprint density at radius 2 is 1.84 bits per heavy atom. The maximum absolute atomic E-state index is 13.7. The van der Waals surface area contributed by atoms with Gasteiger partial charge in [0.15, 0.2) is 0 Å². The number of rotatable bonds is 2. The molecule has 0 radical (unpaired) electrons. The van der Waals surface area contributed by atoms with E-state index in [9.17, 15) is 9.18 Å². The van der Waals surface area contributed by atoms with Crippen LogP contribution in [0.15, 0.2) is 48.5 Å². The van der Waals surface area contributed by atoms with Gasteiger partial charge in [-0.1, -0.05) is 30.3 Å². The molecule has 2 aromatic carbocycles. The average Bonchev–Trinajstić information content (AvgIpc) is 2.44. The second-order valence-electron chi connectivity index (χ2n) is 4.44. The molecule has 0 spiro atoms. The number of anilines is 2. The van der Waals surface area contributed by atoms with Crippen LogP contribution >= 0.6 is 0 Å². The van der Waals surface area contributed by atoms with Gasteiger partial charge in [-0.3, -0.25) is 4.79 Å². The van der Waals surface area contributed by atoms with Crippen LogP contribution in [-0.4, -0.2) is 12.5 Å². The average molecular weight is 256 g/mol. The standard InChI is InChI=1S/C15H13FN2O/c16-12-6-2-1-5-11(12)10-18-14-8-4-3-7-13(14)17-9-15(18)19/h1-8,17H,9-10H2. The van der Waals surface area contributed by atoms with Crippen LogP contribution in [0, 0.1) is 5.82 Å². The van der Waals surface area contributed by atoms with Crippen LogP contribution < -0.4 is 10.2 Å². The van der Waals surface area contributed by atoms with Crippen molar-refractivity contribution in [3.63, 3.8) is 0 Å². The lowest BCUT2D eigenvalue weighted by molar-refractivity contribution is -0.117. The van der Waals surface area contributed by atoms with Gasteiger partial charge in [0.05, 0.1) is 24.5 Å². The lowest BCUT2D eigenvalue weighted by Gasteiger charge is -2.30. The van der Waals surface area contributed by atoms with Crippen LogP contribution in [-0.2, 0) is 11.3 Å². The van der Waals surface area contributed by atoms with E-state index in [-0.39, 0.29) is 24.8 Å². The molecule has 1 amide bonds. The first-order valence-electron chi connectivity index (χ1n) is 6.12. The highest BCUT2D eigenvalue weighted by molar-refractivity contribution is 6.02. The maximum atomic E-state index is 13.7. The Bertz CT molecular complexity index is 627. The Labute approximate surface area is 110 Å². The first-order valence-corrected chi connectivity index (χ1v) is 6.12. The van der Waals surface area contributed by atoms with Crippen LogP contribution in [0.1, 0.15) is 5.56 Å². The number of nitrogens with zero attached hydrogens (tertiary/aromatic N) is 1. The molecular weight excluding hydrogens is 243 g/mol. The quantitative estimate of drug-likeness (QED) is 0.896. The number of halogens is 1. The van der Waals surface area contributed by atoms with Gasteiger partial charge in [-0.25, -0.2) is 4.39 Å². The summed E-state index contributed by atoms with van der Waals surface area (Å²) >= 11 is 0. The van der Waals surface area contributed by atoms with Crippen molar-refractivity contribution in [1.82, 2.24) is 0 Å². The maximum Gasteiger partial charge on any atom is 0.246 e. The monoisotopic (exact) mass is 256 g/mol. The van der Waals surface area contributed by atoms with Gasteiger partial charge in [-0.2, -0.15) is 0 Å². The molecule has 0 aliphatic carbocycles. The highest BCUT2D eigenvalue weighted by Crippen LogP contribution is 2.30. The minimum absolute atomic E-state index is 0.0537. The highest BCUT2D eigenvalue weighted by atomic mass is 19.1. The van der Waals surface area contributed by atoms with Crippen LogP contribution in [0.5, 0.6) is 0 Å². The molecule has 3 rings (SSSR count). The van der Waals surface area contributed by atoms with Gasteiger partial charge in [0.25, 0.3) is 0 Å². The first-order chi connectivity index (χ1) is 9.25. The summed E-state index contributed by atoms with van der Waals surface area (Å²) in [4.78, 5) is 13.6. The lowest BCUT2D eigenvalue weighted by atomic mass is 10.1. The van der Waals surface area contributed by atoms with Crippen LogP contribution in [0.2, 0.25) is 0 Å². The van der Waals surface area contributed by atoms with E-state index in [0.29, 0.717) is 5.56 Å². The Kier molecular flexibility index (Phi) is 2.91. The molecule has 2 aromatic rings. The number of hydrogen-bond donors (Lipinski definition) is 1. The number of hydrogen-bond acceptors (Lipinski definition) is 2. The molecule has 1 aliphatic rings. The molecule has 0 bridgehead atoms. The molecule has 0 aromatic heterocycles. The van der Waals surface area contributed by atoms with E-state index < -0.39 is 0 Å². The Hall–Kier alpha value is -2.36. The third-order valence-corrected chi connectivity index (χ3v) is 3.21. The predicted octanol–water partition coefficient (Wildman–Crippen LogP) is 2.78. The molecule has 1 aliphatic heterocycles. The number of benzene rings is 2. The Balaban J connectivity index is 1.96. The molecule has 0 saturated carbocycles. The van der Waals surface area contributed by atoms with Crippen LogP contribution in [0.25, 0.3) is 0 Å². The zero-order chi connectivity index (χ0) is 13.2. The fraction of sp³-hybridized carbons (Fsp3) is 0.133. The molecule has 0 atom stereocenters. The Morgan fingerprint density at radius 1 is 1.11 bits per heavy atom.